The van der Waals surface area contributed by atoms with Crippen LogP contribution in [-0.2, 0) is 10.1 Å². The first kappa shape index (κ1) is 13.0. The normalized spacial score (nSPS) is 12.4. The lowest BCUT2D eigenvalue weighted by atomic mass is 10.1. The van der Waals surface area contributed by atoms with Crippen LogP contribution >= 0.6 is 0 Å². The van der Waals surface area contributed by atoms with Gasteiger partial charge >= 0.3 is 0 Å². The maximum Gasteiger partial charge on any atom is 0.265 e. The Bertz CT molecular complexity index is 423. The molecule has 0 aromatic heterocycles. The third-order valence-electron chi connectivity index (χ3n) is 2.10. The van der Waals surface area contributed by atoms with E-state index >= 15 is 0 Å². The molecule has 0 fully saturated rings. The van der Waals surface area contributed by atoms with Gasteiger partial charge in [0.2, 0.25) is 0 Å². The van der Waals surface area contributed by atoms with Crippen molar-refractivity contribution in [3.05, 3.63) is 30.3 Å². The third kappa shape index (κ3) is 5.14. The van der Waals surface area contributed by atoms with E-state index in [4.69, 9.17) is 9.29 Å². The Morgan fingerprint density at radius 1 is 1.25 bits per heavy atom. The highest BCUT2D eigenvalue weighted by Gasteiger charge is 2.22. The van der Waals surface area contributed by atoms with Crippen molar-refractivity contribution in [2.75, 3.05) is 5.75 Å². The second-order valence-electron chi connectivity index (χ2n) is 4.21. The number of rotatable bonds is 5. The van der Waals surface area contributed by atoms with E-state index in [1.54, 1.807) is 26.0 Å². The molecule has 90 valence electrons. The van der Waals surface area contributed by atoms with E-state index in [1.807, 2.05) is 18.2 Å². The molecule has 0 heterocycles. The molecule has 1 aromatic rings. The highest BCUT2D eigenvalue weighted by molar-refractivity contribution is 7.85. The van der Waals surface area contributed by atoms with E-state index in [9.17, 15) is 8.42 Å². The van der Waals surface area contributed by atoms with E-state index < -0.39 is 15.7 Å². The molecule has 4 nitrogen and oxygen atoms in total. The van der Waals surface area contributed by atoms with Gasteiger partial charge in [-0.15, -0.1) is 0 Å². The van der Waals surface area contributed by atoms with Crippen LogP contribution < -0.4 is 4.74 Å². The van der Waals surface area contributed by atoms with Gasteiger partial charge in [-0.25, -0.2) is 0 Å². The van der Waals surface area contributed by atoms with E-state index in [1.165, 1.54) is 0 Å². The predicted octanol–water partition coefficient (Wildman–Crippen LogP) is 2.12. The lowest BCUT2D eigenvalue weighted by Crippen LogP contribution is -2.30. The lowest BCUT2D eigenvalue weighted by Gasteiger charge is -2.25. The van der Waals surface area contributed by atoms with E-state index in [2.05, 4.69) is 0 Å². The molecule has 0 unspecified atom stereocenters. The summed E-state index contributed by atoms with van der Waals surface area (Å²) >= 11 is 0. The Hall–Kier alpha value is -1.07. The zero-order valence-electron chi connectivity index (χ0n) is 9.38. The second kappa shape index (κ2) is 4.84. The molecule has 1 aromatic carbocycles. The molecule has 0 saturated carbocycles. The minimum atomic E-state index is -3.93. The van der Waals surface area contributed by atoms with Gasteiger partial charge in [-0.1, -0.05) is 18.2 Å². The van der Waals surface area contributed by atoms with Gasteiger partial charge < -0.3 is 4.74 Å². The SMILES string of the molecule is CC(C)(CCS(=O)(=O)O)Oc1ccccc1. The van der Waals surface area contributed by atoms with Crippen LogP contribution in [0.3, 0.4) is 0 Å². The number of ether oxygens (including phenoxy) is 1. The van der Waals surface area contributed by atoms with Crippen LogP contribution in [0.15, 0.2) is 30.3 Å². The van der Waals surface area contributed by atoms with Crippen LogP contribution in [0.2, 0.25) is 0 Å². The van der Waals surface area contributed by atoms with Crippen molar-refractivity contribution >= 4 is 10.1 Å². The predicted molar refractivity (Wildman–Crippen MR) is 62.2 cm³/mol. The summed E-state index contributed by atoms with van der Waals surface area (Å²) in [5, 5.41) is 0. The molecule has 5 heteroatoms. The van der Waals surface area contributed by atoms with E-state index in [0.29, 0.717) is 5.75 Å². The molecule has 16 heavy (non-hydrogen) atoms. The van der Waals surface area contributed by atoms with E-state index in [-0.39, 0.29) is 12.2 Å². The minimum absolute atomic E-state index is 0.237. The topological polar surface area (TPSA) is 63.6 Å². The first-order chi connectivity index (χ1) is 7.29. The molecule has 0 aliphatic carbocycles. The quantitative estimate of drug-likeness (QED) is 0.806. The molecule has 0 saturated heterocycles. The molecule has 0 radical (unpaired) electrons. The number of benzene rings is 1. The zero-order chi connectivity index (χ0) is 12.2. The smallest absolute Gasteiger partial charge is 0.265 e. The average Bonchev–Trinajstić information content (AvgIpc) is 2.15. The van der Waals surface area contributed by atoms with Gasteiger partial charge in [-0.2, -0.15) is 8.42 Å². The summed E-state index contributed by atoms with van der Waals surface area (Å²) in [5.74, 6) is 0.384. The molecule has 0 amide bonds. The average molecular weight is 244 g/mol. The third-order valence-corrected chi connectivity index (χ3v) is 2.82. The summed E-state index contributed by atoms with van der Waals surface area (Å²) < 4.78 is 35.5. The van der Waals surface area contributed by atoms with Crippen LogP contribution in [0.5, 0.6) is 5.75 Å². The molecule has 0 spiro atoms. The van der Waals surface area contributed by atoms with E-state index in [0.717, 1.165) is 0 Å². The summed E-state index contributed by atoms with van der Waals surface area (Å²) in [6, 6.07) is 9.16. The van der Waals surface area contributed by atoms with Gasteiger partial charge in [0.1, 0.15) is 11.4 Å². The van der Waals surface area contributed by atoms with Crippen molar-refractivity contribution in [2.24, 2.45) is 0 Å². The summed E-state index contributed by atoms with van der Waals surface area (Å²) in [7, 11) is -3.93. The zero-order valence-corrected chi connectivity index (χ0v) is 10.2. The van der Waals surface area contributed by atoms with Crippen LogP contribution in [0.4, 0.5) is 0 Å². The molecular formula is C11H16O4S. The first-order valence-electron chi connectivity index (χ1n) is 4.98. The lowest BCUT2D eigenvalue weighted by molar-refractivity contribution is 0.105. The van der Waals surface area contributed by atoms with Crippen molar-refractivity contribution in [3.63, 3.8) is 0 Å². The Morgan fingerprint density at radius 3 is 2.31 bits per heavy atom. The summed E-state index contributed by atoms with van der Waals surface area (Å²) in [5.41, 5.74) is -0.628. The van der Waals surface area contributed by atoms with Crippen LogP contribution in [-0.4, -0.2) is 24.3 Å². The van der Waals surface area contributed by atoms with Gasteiger partial charge in [-0.3, -0.25) is 4.55 Å². The summed E-state index contributed by atoms with van der Waals surface area (Å²) in [6.45, 7) is 3.57. The van der Waals surface area contributed by atoms with Gasteiger partial charge in [0.25, 0.3) is 10.1 Å². The molecule has 0 aliphatic rings. The first-order valence-corrected chi connectivity index (χ1v) is 6.59. The number of hydrogen-bond acceptors (Lipinski definition) is 3. The summed E-state index contributed by atoms with van der Waals surface area (Å²) in [4.78, 5) is 0. The molecule has 1 rings (SSSR count). The highest BCUT2D eigenvalue weighted by Crippen LogP contribution is 2.20. The second-order valence-corrected chi connectivity index (χ2v) is 5.78. The molecule has 1 N–H and O–H groups in total. The minimum Gasteiger partial charge on any atom is -0.488 e. The standard InChI is InChI=1S/C11H16O4S/c1-11(2,8-9-16(12,13)14)15-10-6-4-3-5-7-10/h3-7H,8-9H2,1-2H3,(H,12,13,14). The van der Waals surface area contributed by atoms with Crippen molar-refractivity contribution in [1.29, 1.82) is 0 Å². The van der Waals surface area contributed by atoms with Crippen LogP contribution in [0.1, 0.15) is 20.3 Å². The fourth-order valence-electron chi connectivity index (χ4n) is 1.23. The monoisotopic (exact) mass is 244 g/mol. The van der Waals surface area contributed by atoms with Crippen LogP contribution in [0.25, 0.3) is 0 Å². The number of para-hydroxylation sites is 1. The van der Waals surface area contributed by atoms with Crippen molar-refractivity contribution in [2.45, 2.75) is 25.9 Å². The van der Waals surface area contributed by atoms with Crippen molar-refractivity contribution in [1.82, 2.24) is 0 Å². The maximum absolute atomic E-state index is 10.6. The van der Waals surface area contributed by atoms with Gasteiger partial charge in [-0.05, 0) is 26.0 Å². The molecule has 0 bridgehead atoms. The van der Waals surface area contributed by atoms with Crippen molar-refractivity contribution in [3.8, 4) is 5.75 Å². The Kier molecular flexibility index (Phi) is 3.93. The highest BCUT2D eigenvalue weighted by atomic mass is 32.2. The van der Waals surface area contributed by atoms with Crippen molar-refractivity contribution < 1.29 is 17.7 Å². The van der Waals surface area contributed by atoms with Gasteiger partial charge in [0, 0.05) is 6.42 Å². The maximum atomic E-state index is 10.6. The fraction of sp³-hybridized carbons (Fsp3) is 0.455. The largest absolute Gasteiger partial charge is 0.488 e. The van der Waals surface area contributed by atoms with Crippen LogP contribution in [0, 0.1) is 0 Å². The molecule has 0 atom stereocenters. The van der Waals surface area contributed by atoms with Gasteiger partial charge in [0.15, 0.2) is 0 Å². The van der Waals surface area contributed by atoms with Gasteiger partial charge in [0.05, 0.1) is 5.75 Å². The Labute approximate surface area is 96.0 Å². The summed E-state index contributed by atoms with van der Waals surface area (Å²) in [6.07, 6.45) is 0.237. The Morgan fingerprint density at radius 2 is 1.81 bits per heavy atom. The Balaban J connectivity index is 2.59. The fourth-order valence-corrected chi connectivity index (χ4v) is 1.98. The molecule has 0 aliphatic heterocycles. The number of hydrogen-bond donors (Lipinski definition) is 1. The molecular weight excluding hydrogens is 228 g/mol.